The Balaban J connectivity index is 1.91. The van der Waals surface area contributed by atoms with Crippen molar-refractivity contribution in [1.82, 2.24) is 5.48 Å². The molecular formula is C12H19B4NO5. The average molecular weight is 301 g/mol. The molecule has 0 aliphatic carbocycles. The minimum Gasteiger partial charge on any atom is -0.448 e. The normalized spacial score (nSPS) is 27.5. The van der Waals surface area contributed by atoms with Gasteiger partial charge in [-0.25, -0.2) is 5.48 Å². The first-order valence-corrected chi connectivity index (χ1v) is 7.20. The van der Waals surface area contributed by atoms with Crippen LogP contribution in [0, 0.1) is 0 Å². The number of benzene rings is 1. The molecule has 0 spiro atoms. The highest BCUT2D eigenvalue weighted by molar-refractivity contribution is 6.84. The Hall–Kier alpha value is -1.21. The van der Waals surface area contributed by atoms with Gasteiger partial charge in [0.15, 0.2) is 0 Å². The predicted molar refractivity (Wildman–Crippen MR) is 90.2 cm³/mol. The van der Waals surface area contributed by atoms with Crippen molar-refractivity contribution in [3.63, 3.8) is 0 Å². The third kappa shape index (κ3) is 2.84. The number of nitrogens with one attached hydrogen (secondary N) is 1. The van der Waals surface area contributed by atoms with E-state index >= 15 is 0 Å². The zero-order valence-corrected chi connectivity index (χ0v) is 13.0. The number of rotatable bonds is 6. The summed E-state index contributed by atoms with van der Waals surface area (Å²) in [6.07, 6.45) is -0.237. The topological polar surface area (TPSA) is 99.0 Å². The zero-order valence-electron chi connectivity index (χ0n) is 13.0. The highest BCUT2D eigenvalue weighted by Crippen LogP contribution is 2.65. The molecule has 1 aromatic carbocycles. The van der Waals surface area contributed by atoms with Crippen LogP contribution in [0.3, 0.4) is 0 Å². The van der Waals surface area contributed by atoms with Crippen LogP contribution in [-0.2, 0) is 16.2 Å². The first-order chi connectivity index (χ1) is 10.1. The van der Waals surface area contributed by atoms with E-state index in [0.717, 1.165) is 5.56 Å². The number of hydrogen-bond donors (Lipinski definition) is 4. The van der Waals surface area contributed by atoms with E-state index < -0.39 is 28.9 Å². The Morgan fingerprint density at radius 2 is 1.91 bits per heavy atom. The summed E-state index contributed by atoms with van der Waals surface area (Å²) in [5.41, 5.74) is 3.19. The third-order valence-electron chi connectivity index (χ3n) is 4.62. The molecule has 2 atom stereocenters. The SMILES string of the molecule is BC(B)(O)C1(CC(=O)NOCc2ccccc2)B(O)C1(B)O. The molecule has 2 rings (SSSR count). The minimum absolute atomic E-state index is 0.209. The molecule has 0 saturated carbocycles. The second-order valence-corrected chi connectivity index (χ2v) is 6.56. The molecule has 114 valence electrons. The maximum absolute atomic E-state index is 12.0. The lowest BCUT2D eigenvalue weighted by atomic mass is 9.49. The summed E-state index contributed by atoms with van der Waals surface area (Å²) < 4.78 is 0. The zero-order chi connectivity index (χ0) is 16.6. The fourth-order valence-corrected chi connectivity index (χ4v) is 3.16. The Labute approximate surface area is 132 Å². The third-order valence-corrected chi connectivity index (χ3v) is 4.62. The van der Waals surface area contributed by atoms with Crippen LogP contribution in [-0.4, -0.2) is 62.4 Å². The van der Waals surface area contributed by atoms with Gasteiger partial charge >= 0.3 is 6.92 Å². The fourth-order valence-electron chi connectivity index (χ4n) is 3.16. The number of hydrogen-bond acceptors (Lipinski definition) is 5. The number of aliphatic hydroxyl groups is 2. The van der Waals surface area contributed by atoms with Crippen molar-refractivity contribution < 1.29 is 24.9 Å². The van der Waals surface area contributed by atoms with E-state index in [9.17, 15) is 20.0 Å². The van der Waals surface area contributed by atoms with Crippen LogP contribution in [0.25, 0.3) is 0 Å². The van der Waals surface area contributed by atoms with E-state index in [4.69, 9.17) is 4.84 Å². The lowest BCUT2D eigenvalue weighted by molar-refractivity contribution is -0.136. The Bertz CT molecular complexity index is 538. The quantitative estimate of drug-likeness (QED) is 0.318. The molecule has 1 aliphatic rings. The van der Waals surface area contributed by atoms with Gasteiger partial charge in [-0.3, -0.25) is 9.63 Å². The predicted octanol–water partition coefficient (Wildman–Crippen LogP) is -3.86. The molecule has 10 heteroatoms. The average Bonchev–Trinajstić information content (AvgIpc) is 2.86. The van der Waals surface area contributed by atoms with Gasteiger partial charge in [0, 0.05) is 22.5 Å². The fraction of sp³-hybridized carbons (Fsp3) is 0.417. The molecule has 1 aliphatic heterocycles. The van der Waals surface area contributed by atoms with Crippen molar-refractivity contribution in [2.45, 2.75) is 29.1 Å². The van der Waals surface area contributed by atoms with Gasteiger partial charge < -0.3 is 15.2 Å². The van der Waals surface area contributed by atoms with Gasteiger partial charge in [-0.05, 0) is 5.56 Å². The standard InChI is InChI=1S/C12H19B4NO5/c13-11(14,19)10(12(15,20)16(10)21)6-9(18)17-22-7-8-4-2-1-3-5-8/h1-5,19-21H,6-7,13-15H2,(H,17,18). The molecule has 2 unspecified atom stereocenters. The number of carbonyl (C=O) groups is 1. The summed E-state index contributed by atoms with van der Waals surface area (Å²) in [5.74, 6) is -0.505. The van der Waals surface area contributed by atoms with Gasteiger partial charge in [0.05, 0.1) is 6.61 Å². The van der Waals surface area contributed by atoms with Crippen molar-refractivity contribution in [1.29, 1.82) is 0 Å². The lowest BCUT2D eigenvalue weighted by Crippen LogP contribution is -2.44. The van der Waals surface area contributed by atoms with Crippen LogP contribution in [0.2, 0.25) is 5.31 Å². The van der Waals surface area contributed by atoms with Crippen molar-refractivity contribution in [2.24, 2.45) is 0 Å². The van der Waals surface area contributed by atoms with Gasteiger partial charge in [0.25, 0.3) is 0 Å². The summed E-state index contributed by atoms with van der Waals surface area (Å²) in [6, 6.07) is 9.33. The van der Waals surface area contributed by atoms with Gasteiger partial charge in [-0.1, -0.05) is 30.3 Å². The Morgan fingerprint density at radius 3 is 2.36 bits per heavy atom. The molecular weight excluding hydrogens is 281 g/mol. The summed E-state index contributed by atoms with van der Waals surface area (Å²) in [7, 11) is 4.35. The number of carbonyl (C=O) groups excluding carboxylic acids is 1. The van der Waals surface area contributed by atoms with E-state index in [-0.39, 0.29) is 13.0 Å². The maximum atomic E-state index is 12.0. The molecule has 0 aromatic heterocycles. The van der Waals surface area contributed by atoms with Crippen molar-refractivity contribution in [3.05, 3.63) is 35.9 Å². The molecule has 1 fully saturated rings. The first-order valence-electron chi connectivity index (χ1n) is 7.20. The van der Waals surface area contributed by atoms with Gasteiger partial charge in [0.2, 0.25) is 5.91 Å². The molecule has 4 N–H and O–H groups in total. The summed E-state index contributed by atoms with van der Waals surface area (Å²) in [4.78, 5) is 17.1. The van der Waals surface area contributed by atoms with Gasteiger partial charge in [-0.15, -0.1) is 0 Å². The number of amides is 1. The molecule has 1 amide bonds. The van der Waals surface area contributed by atoms with Crippen molar-refractivity contribution >= 4 is 36.4 Å². The highest BCUT2D eigenvalue weighted by atomic mass is 16.6. The van der Waals surface area contributed by atoms with E-state index in [1.807, 2.05) is 30.3 Å². The Morgan fingerprint density at radius 1 is 1.36 bits per heavy atom. The summed E-state index contributed by atoms with van der Waals surface area (Å²) >= 11 is 0. The maximum Gasteiger partial charge on any atom is 0.322 e. The second kappa shape index (κ2) is 5.77. The van der Waals surface area contributed by atoms with E-state index in [0.29, 0.717) is 0 Å². The summed E-state index contributed by atoms with van der Waals surface area (Å²) in [5, 5.41) is 26.1. The van der Waals surface area contributed by atoms with Crippen LogP contribution < -0.4 is 5.48 Å². The van der Waals surface area contributed by atoms with Crippen LogP contribution in [0.15, 0.2) is 30.3 Å². The highest BCUT2D eigenvalue weighted by Gasteiger charge is 2.81. The van der Waals surface area contributed by atoms with E-state index in [1.165, 1.54) is 23.5 Å². The summed E-state index contributed by atoms with van der Waals surface area (Å²) in [6.45, 7) is -0.957. The van der Waals surface area contributed by atoms with Crippen LogP contribution in [0.4, 0.5) is 0 Å². The minimum atomic E-state index is -1.51. The lowest BCUT2D eigenvalue weighted by Gasteiger charge is -2.32. The van der Waals surface area contributed by atoms with Crippen molar-refractivity contribution in [3.8, 4) is 0 Å². The molecule has 1 heterocycles. The van der Waals surface area contributed by atoms with Crippen LogP contribution in [0.5, 0.6) is 0 Å². The molecule has 6 nitrogen and oxygen atoms in total. The van der Waals surface area contributed by atoms with Gasteiger partial charge in [-0.2, -0.15) is 0 Å². The van der Waals surface area contributed by atoms with E-state index in [1.54, 1.807) is 0 Å². The Kier molecular flexibility index (Phi) is 4.50. The smallest absolute Gasteiger partial charge is 0.322 e. The molecule has 0 bridgehead atoms. The van der Waals surface area contributed by atoms with Crippen LogP contribution >= 0.6 is 0 Å². The molecule has 0 radical (unpaired) electrons. The second-order valence-electron chi connectivity index (χ2n) is 6.56. The van der Waals surface area contributed by atoms with Crippen LogP contribution in [0.1, 0.15) is 12.0 Å². The number of hydroxylamine groups is 1. The molecule has 22 heavy (non-hydrogen) atoms. The van der Waals surface area contributed by atoms with Gasteiger partial charge in [0.1, 0.15) is 23.5 Å². The van der Waals surface area contributed by atoms with E-state index in [2.05, 4.69) is 5.48 Å². The largest absolute Gasteiger partial charge is 0.448 e. The first kappa shape index (κ1) is 17.1. The monoisotopic (exact) mass is 301 g/mol. The molecule has 1 saturated heterocycles. The van der Waals surface area contributed by atoms with Crippen molar-refractivity contribution in [2.75, 3.05) is 0 Å². The molecule has 1 aromatic rings.